The predicted octanol–water partition coefficient (Wildman–Crippen LogP) is 5.74. The van der Waals surface area contributed by atoms with Gasteiger partial charge in [-0.15, -0.1) is 10.2 Å². The number of tetrazole rings is 1. The number of rotatable bonds is 11. The molecule has 3 aromatic carbocycles. The van der Waals surface area contributed by atoms with Gasteiger partial charge < -0.3 is 10.0 Å². The molecule has 0 saturated heterocycles. The normalized spacial score (nSPS) is 11.0. The summed E-state index contributed by atoms with van der Waals surface area (Å²) >= 11 is 6.56. The zero-order valence-electron chi connectivity index (χ0n) is 21.5. The lowest BCUT2D eigenvalue weighted by Gasteiger charge is -2.23. The average Bonchev–Trinajstić information content (AvgIpc) is 3.61. The average molecular weight is 542 g/mol. The zero-order chi connectivity index (χ0) is 27.2. The number of anilines is 1. The highest BCUT2D eigenvalue weighted by Crippen LogP contribution is 2.32. The Morgan fingerprint density at radius 2 is 1.69 bits per heavy atom. The summed E-state index contributed by atoms with van der Waals surface area (Å²) in [4.78, 5) is 14.2. The summed E-state index contributed by atoms with van der Waals surface area (Å²) in [6, 6.07) is 26.1. The van der Waals surface area contributed by atoms with Crippen molar-refractivity contribution in [3.8, 4) is 22.5 Å². The number of nitrogens with zero attached hydrogens (tertiary/aromatic N) is 6. The first kappa shape index (κ1) is 26.1. The molecule has 0 fully saturated rings. The van der Waals surface area contributed by atoms with E-state index in [-0.39, 0.29) is 10.7 Å². The van der Waals surface area contributed by atoms with Gasteiger partial charge in [0.1, 0.15) is 10.7 Å². The van der Waals surface area contributed by atoms with E-state index < -0.39 is 5.97 Å². The first-order valence-corrected chi connectivity index (χ1v) is 13.1. The number of carboxylic acids is 1. The number of carbonyl (C=O) groups is 1. The van der Waals surface area contributed by atoms with Crippen LogP contribution in [0.25, 0.3) is 22.5 Å². The largest absolute Gasteiger partial charge is 0.477 e. The Labute approximate surface area is 231 Å². The molecule has 0 spiro atoms. The number of hydrogen-bond acceptors (Lipinski definition) is 6. The summed E-state index contributed by atoms with van der Waals surface area (Å²) in [5.74, 6) is -0.172. The van der Waals surface area contributed by atoms with Crippen LogP contribution < -0.4 is 4.90 Å². The van der Waals surface area contributed by atoms with Gasteiger partial charge in [-0.05, 0) is 40.3 Å². The lowest BCUT2D eigenvalue weighted by atomic mass is 9.98. The molecule has 2 heterocycles. The van der Waals surface area contributed by atoms with Crippen LogP contribution in [0.1, 0.15) is 34.8 Å². The molecular formula is C29H28ClN7O2. The highest BCUT2D eigenvalue weighted by atomic mass is 35.5. The Balaban J connectivity index is 1.40. The van der Waals surface area contributed by atoms with Crippen molar-refractivity contribution < 1.29 is 9.90 Å². The van der Waals surface area contributed by atoms with Crippen LogP contribution in [-0.4, -0.2) is 48.0 Å². The fourth-order valence-corrected chi connectivity index (χ4v) is 4.90. The molecule has 0 aliphatic rings. The molecule has 0 atom stereocenters. The lowest BCUT2D eigenvalue weighted by Crippen LogP contribution is -2.25. The number of nitrogens with one attached hydrogen (secondary N) is 1. The van der Waals surface area contributed by atoms with E-state index in [1.54, 1.807) is 4.68 Å². The van der Waals surface area contributed by atoms with Crippen LogP contribution in [0.5, 0.6) is 0 Å². The van der Waals surface area contributed by atoms with E-state index in [1.807, 2.05) is 83.8 Å². The molecule has 198 valence electrons. The van der Waals surface area contributed by atoms with Crippen LogP contribution in [-0.2, 0) is 19.5 Å². The summed E-state index contributed by atoms with van der Waals surface area (Å²) in [5, 5.41) is 29.3. The second-order valence-corrected chi connectivity index (χ2v) is 9.51. The molecule has 2 aromatic heterocycles. The van der Waals surface area contributed by atoms with Crippen LogP contribution in [0.2, 0.25) is 5.15 Å². The Bertz CT molecular complexity index is 1530. The maximum absolute atomic E-state index is 12.2. The van der Waals surface area contributed by atoms with Gasteiger partial charge in [0.25, 0.3) is 0 Å². The minimum absolute atomic E-state index is 0.0313. The number of H-pyrrole nitrogens is 1. The molecule has 0 saturated carbocycles. The molecule has 5 aromatic rings. The molecule has 0 amide bonds. The van der Waals surface area contributed by atoms with Crippen molar-refractivity contribution in [1.29, 1.82) is 0 Å². The minimum atomic E-state index is -1.09. The monoisotopic (exact) mass is 541 g/mol. The molecule has 9 nitrogen and oxygen atoms in total. The lowest BCUT2D eigenvalue weighted by molar-refractivity contribution is 0.0697. The molecule has 2 N–H and O–H groups in total. The number of aryl methyl sites for hydroxylation is 2. The van der Waals surface area contributed by atoms with Gasteiger partial charge in [-0.2, -0.15) is 10.3 Å². The number of aromatic carboxylic acids is 1. The maximum atomic E-state index is 12.2. The topological polar surface area (TPSA) is 113 Å². The van der Waals surface area contributed by atoms with E-state index in [0.29, 0.717) is 37.7 Å². The zero-order valence-corrected chi connectivity index (χ0v) is 22.2. The van der Waals surface area contributed by atoms with E-state index >= 15 is 0 Å². The van der Waals surface area contributed by atoms with E-state index in [4.69, 9.17) is 11.6 Å². The Morgan fingerprint density at radius 3 is 2.36 bits per heavy atom. The molecule has 0 aliphatic carbocycles. The van der Waals surface area contributed by atoms with Crippen LogP contribution >= 0.6 is 11.6 Å². The van der Waals surface area contributed by atoms with Crippen molar-refractivity contribution in [2.24, 2.45) is 0 Å². The molecule has 0 aliphatic heterocycles. The molecule has 0 radical (unpaired) electrons. The number of halogens is 1. The van der Waals surface area contributed by atoms with Gasteiger partial charge in [-0.1, -0.05) is 97.4 Å². The van der Waals surface area contributed by atoms with Crippen LogP contribution in [0.15, 0.2) is 78.9 Å². The summed E-state index contributed by atoms with van der Waals surface area (Å²) in [6.45, 7) is 3.67. The van der Waals surface area contributed by atoms with Crippen molar-refractivity contribution in [2.75, 3.05) is 11.4 Å². The fourth-order valence-electron chi connectivity index (χ4n) is 4.61. The second kappa shape index (κ2) is 11.9. The molecule has 0 bridgehead atoms. The third kappa shape index (κ3) is 5.83. The Hall–Kier alpha value is -4.50. The summed E-state index contributed by atoms with van der Waals surface area (Å²) < 4.78 is 1.59. The van der Waals surface area contributed by atoms with Crippen molar-refractivity contribution in [3.05, 3.63) is 101 Å². The molecule has 0 unspecified atom stereocenters. The van der Waals surface area contributed by atoms with Crippen LogP contribution in [0, 0.1) is 0 Å². The molecule has 10 heteroatoms. The Kier molecular flexibility index (Phi) is 7.98. The second-order valence-electron chi connectivity index (χ2n) is 9.15. The van der Waals surface area contributed by atoms with Crippen molar-refractivity contribution in [3.63, 3.8) is 0 Å². The molecular weight excluding hydrogens is 514 g/mol. The smallest absolute Gasteiger partial charge is 0.342 e. The van der Waals surface area contributed by atoms with Crippen molar-refractivity contribution in [2.45, 2.75) is 32.9 Å². The minimum Gasteiger partial charge on any atom is -0.477 e. The third-order valence-electron chi connectivity index (χ3n) is 6.49. The number of aromatic nitrogens is 6. The SMILES string of the molecule is CCCN(Cc1ccc(-c2ccccc2-c2nn[nH]n2)cc1)c1nn(CCc2ccccc2)c(Cl)c1C(=O)O. The van der Waals surface area contributed by atoms with Crippen molar-refractivity contribution >= 4 is 23.4 Å². The quantitative estimate of drug-likeness (QED) is 0.219. The number of aromatic amines is 1. The molecule has 39 heavy (non-hydrogen) atoms. The highest BCUT2D eigenvalue weighted by molar-refractivity contribution is 6.33. The van der Waals surface area contributed by atoms with Crippen molar-refractivity contribution in [1.82, 2.24) is 30.4 Å². The van der Waals surface area contributed by atoms with E-state index in [9.17, 15) is 9.90 Å². The van der Waals surface area contributed by atoms with E-state index in [2.05, 4.69) is 32.6 Å². The van der Waals surface area contributed by atoms with Gasteiger partial charge in [0, 0.05) is 25.2 Å². The Morgan fingerprint density at radius 1 is 0.974 bits per heavy atom. The van der Waals surface area contributed by atoms with Gasteiger partial charge in [-0.25, -0.2) is 4.79 Å². The van der Waals surface area contributed by atoms with Crippen LogP contribution in [0.4, 0.5) is 5.82 Å². The van der Waals surface area contributed by atoms with Gasteiger partial charge >= 0.3 is 5.97 Å². The standard InChI is InChI=1S/C29H28ClN7O2/c1-2-17-36(28-25(29(38)39)26(30)37(33-28)18-16-20-8-4-3-5-9-20)19-21-12-14-22(15-13-21)23-10-6-7-11-24(23)27-31-34-35-32-27/h3-15H,2,16-19H2,1H3,(H,38,39)(H,31,32,34,35). The number of hydrogen-bond donors (Lipinski definition) is 2. The molecule has 5 rings (SSSR count). The fraction of sp³-hybridized carbons (Fsp3) is 0.207. The van der Waals surface area contributed by atoms with E-state index in [1.165, 1.54) is 0 Å². The maximum Gasteiger partial charge on any atom is 0.342 e. The number of benzene rings is 3. The van der Waals surface area contributed by atoms with Gasteiger partial charge in [0.05, 0.1) is 0 Å². The number of carboxylic acid groups (broad SMARTS) is 1. The van der Waals surface area contributed by atoms with E-state index in [0.717, 1.165) is 34.2 Å². The highest BCUT2D eigenvalue weighted by Gasteiger charge is 2.26. The first-order valence-electron chi connectivity index (χ1n) is 12.8. The predicted molar refractivity (Wildman–Crippen MR) is 151 cm³/mol. The van der Waals surface area contributed by atoms with Gasteiger partial charge in [-0.3, -0.25) is 4.68 Å². The summed E-state index contributed by atoms with van der Waals surface area (Å²) in [7, 11) is 0. The summed E-state index contributed by atoms with van der Waals surface area (Å²) in [5.41, 5.74) is 5.08. The third-order valence-corrected chi connectivity index (χ3v) is 6.87. The first-order chi connectivity index (χ1) is 19.0. The van der Waals surface area contributed by atoms with Gasteiger partial charge in [0.2, 0.25) is 5.82 Å². The van der Waals surface area contributed by atoms with Gasteiger partial charge in [0.15, 0.2) is 5.82 Å². The summed E-state index contributed by atoms with van der Waals surface area (Å²) in [6.07, 6.45) is 1.52. The van der Waals surface area contributed by atoms with Crippen LogP contribution in [0.3, 0.4) is 0 Å².